The molecule has 7 rings (SSSR count). The van der Waals surface area contributed by atoms with Gasteiger partial charge >= 0.3 is 12.1 Å². The van der Waals surface area contributed by atoms with Gasteiger partial charge in [0.15, 0.2) is 0 Å². The third-order valence-electron chi connectivity index (χ3n) is 7.38. The van der Waals surface area contributed by atoms with Gasteiger partial charge < -0.3 is 0 Å². The third-order valence-corrected chi connectivity index (χ3v) is 7.38. The van der Waals surface area contributed by atoms with Gasteiger partial charge in [0.25, 0.3) is 0 Å². The Bertz CT molecular complexity index is 1260. The van der Waals surface area contributed by atoms with Crippen LogP contribution < -0.4 is 4.90 Å². The highest BCUT2D eigenvalue weighted by molar-refractivity contribution is 6.09. The Labute approximate surface area is 198 Å². The molecule has 4 aliphatic rings. The number of carbonyl (C=O) groups is 3. The van der Waals surface area contributed by atoms with Gasteiger partial charge in [-0.3, -0.25) is 24.2 Å². The molecule has 3 aromatic carbocycles. The number of hydrogen-bond acceptors (Lipinski definition) is 3. The van der Waals surface area contributed by atoms with E-state index in [9.17, 15) is 27.6 Å². The second-order valence-electron chi connectivity index (χ2n) is 9.08. The van der Waals surface area contributed by atoms with Crippen molar-refractivity contribution >= 4 is 23.4 Å². The number of likely N-dealkylation sites (tertiary alicyclic amines) is 1. The van der Waals surface area contributed by atoms with Gasteiger partial charge in [-0.2, -0.15) is 13.2 Å². The van der Waals surface area contributed by atoms with Gasteiger partial charge in [-0.25, -0.2) is 0 Å². The minimum Gasteiger partial charge on any atom is -0.286 e. The molecule has 176 valence electrons. The maximum Gasteiger partial charge on any atom is 0.471 e. The zero-order chi connectivity index (χ0) is 24.5. The van der Waals surface area contributed by atoms with Crippen LogP contribution in [0.15, 0.2) is 78.9 Å². The lowest BCUT2D eigenvalue weighted by Crippen LogP contribution is -2.49. The summed E-state index contributed by atoms with van der Waals surface area (Å²) in [6, 6.07) is 22.6. The zero-order valence-electron chi connectivity index (χ0n) is 18.3. The van der Waals surface area contributed by atoms with Gasteiger partial charge in [0, 0.05) is 17.5 Å². The summed E-state index contributed by atoms with van der Waals surface area (Å²) in [6.45, 7) is -0.793. The highest BCUT2D eigenvalue weighted by Crippen LogP contribution is 2.60. The number of anilines is 1. The maximum atomic E-state index is 13.7. The number of imide groups is 1. The van der Waals surface area contributed by atoms with E-state index in [2.05, 4.69) is 0 Å². The number of rotatable bonds is 3. The average molecular weight is 476 g/mol. The van der Waals surface area contributed by atoms with Crippen LogP contribution in [0.2, 0.25) is 0 Å². The fourth-order valence-electron chi connectivity index (χ4n) is 6.04. The Morgan fingerprint density at radius 3 is 1.51 bits per heavy atom. The molecule has 1 aliphatic heterocycles. The summed E-state index contributed by atoms with van der Waals surface area (Å²) < 4.78 is 40.4. The quantitative estimate of drug-likeness (QED) is 0.526. The highest BCUT2D eigenvalue weighted by atomic mass is 19.4. The van der Waals surface area contributed by atoms with Crippen molar-refractivity contribution in [3.05, 3.63) is 101 Å². The second-order valence-corrected chi connectivity index (χ2v) is 9.08. The van der Waals surface area contributed by atoms with Crippen molar-refractivity contribution in [2.75, 3.05) is 11.6 Å². The molecule has 8 heteroatoms. The van der Waals surface area contributed by atoms with Crippen molar-refractivity contribution in [3.8, 4) is 0 Å². The van der Waals surface area contributed by atoms with Crippen molar-refractivity contribution < 1.29 is 27.6 Å². The smallest absolute Gasteiger partial charge is 0.286 e. The van der Waals surface area contributed by atoms with Crippen molar-refractivity contribution in [2.45, 2.75) is 18.0 Å². The molecule has 3 amide bonds. The molecule has 3 aliphatic carbocycles. The standard InChI is InChI=1S/C27H19F3N2O3/c28-27(29,30)26(35)31(15-8-2-1-3-9-15)14-32-24(33)22-20-16-10-4-5-11-17(16)21(23(22)25(32)34)19-13-7-6-12-18(19)20/h1-13,20-23H,14H2/t20?,21?,22-,23+. The van der Waals surface area contributed by atoms with E-state index in [1.807, 2.05) is 48.5 Å². The number of amides is 3. The lowest BCUT2D eigenvalue weighted by molar-refractivity contribution is -0.171. The molecule has 0 N–H and O–H groups in total. The minimum absolute atomic E-state index is 0.0418. The molecule has 0 radical (unpaired) electrons. The number of nitrogens with zero attached hydrogens (tertiary/aromatic N) is 2. The van der Waals surface area contributed by atoms with Crippen LogP contribution in [-0.4, -0.2) is 35.5 Å². The maximum absolute atomic E-state index is 13.7. The molecule has 1 heterocycles. The van der Waals surface area contributed by atoms with Gasteiger partial charge in [0.2, 0.25) is 11.8 Å². The third kappa shape index (κ3) is 3.05. The predicted octanol–water partition coefficient (Wildman–Crippen LogP) is 4.43. The minimum atomic E-state index is -5.17. The monoisotopic (exact) mass is 476 g/mol. The van der Waals surface area contributed by atoms with E-state index in [1.54, 1.807) is 6.07 Å². The summed E-state index contributed by atoms with van der Waals surface area (Å²) in [7, 11) is 0. The molecule has 0 unspecified atom stereocenters. The van der Waals surface area contributed by atoms with E-state index in [-0.39, 0.29) is 17.5 Å². The van der Waals surface area contributed by atoms with Gasteiger partial charge in [-0.1, -0.05) is 66.7 Å². The number of benzene rings is 3. The van der Waals surface area contributed by atoms with Crippen LogP contribution in [0.1, 0.15) is 34.1 Å². The van der Waals surface area contributed by atoms with Gasteiger partial charge in [0.1, 0.15) is 6.67 Å². The van der Waals surface area contributed by atoms with Gasteiger partial charge in [-0.15, -0.1) is 0 Å². The molecule has 0 saturated carbocycles. The Morgan fingerprint density at radius 1 is 0.714 bits per heavy atom. The van der Waals surface area contributed by atoms with Crippen molar-refractivity contribution in [1.29, 1.82) is 0 Å². The molecule has 35 heavy (non-hydrogen) atoms. The SMILES string of the molecule is O=C1[C@@H]2C3c4ccccc4C(c4ccccc43)[C@@H]2C(=O)N1CN(C(=O)C(F)(F)F)c1ccccc1. The van der Waals surface area contributed by atoms with E-state index in [0.29, 0.717) is 4.90 Å². The topological polar surface area (TPSA) is 57.7 Å². The number of alkyl halides is 3. The summed E-state index contributed by atoms with van der Waals surface area (Å²) in [5.74, 6) is -5.42. The van der Waals surface area contributed by atoms with Crippen molar-refractivity contribution in [3.63, 3.8) is 0 Å². The normalized spacial score (nSPS) is 24.1. The Balaban J connectivity index is 1.43. The van der Waals surface area contributed by atoms with Crippen LogP contribution in [0.3, 0.4) is 0 Å². The Hall–Kier alpha value is -3.94. The van der Waals surface area contributed by atoms with Crippen LogP contribution in [-0.2, 0) is 14.4 Å². The van der Waals surface area contributed by atoms with Crippen LogP contribution in [0, 0.1) is 11.8 Å². The molecule has 1 fully saturated rings. The Kier molecular flexibility index (Phi) is 4.64. The number of halogens is 3. The fraction of sp³-hybridized carbons (Fsp3) is 0.222. The van der Waals surface area contributed by atoms with Crippen molar-refractivity contribution in [1.82, 2.24) is 4.90 Å². The highest BCUT2D eigenvalue weighted by Gasteiger charge is 2.62. The number of hydrogen-bond donors (Lipinski definition) is 0. The fourth-order valence-corrected chi connectivity index (χ4v) is 6.04. The predicted molar refractivity (Wildman–Crippen MR) is 120 cm³/mol. The molecule has 0 spiro atoms. The molecular weight excluding hydrogens is 457 g/mol. The van der Waals surface area contributed by atoms with Crippen LogP contribution >= 0.6 is 0 Å². The largest absolute Gasteiger partial charge is 0.471 e. The van der Waals surface area contributed by atoms with Crippen LogP contribution in [0.25, 0.3) is 0 Å². The first kappa shape index (κ1) is 21.6. The molecule has 3 aromatic rings. The lowest BCUT2D eigenvalue weighted by Gasteiger charge is -2.45. The first-order valence-corrected chi connectivity index (χ1v) is 11.3. The average Bonchev–Trinajstić information content (AvgIpc) is 3.12. The first-order chi connectivity index (χ1) is 16.8. The van der Waals surface area contributed by atoms with E-state index in [4.69, 9.17) is 0 Å². The molecule has 0 aromatic heterocycles. The number of para-hydroxylation sites is 1. The van der Waals surface area contributed by atoms with Crippen molar-refractivity contribution in [2.24, 2.45) is 11.8 Å². The molecule has 2 atom stereocenters. The summed E-state index contributed by atoms with van der Waals surface area (Å²) in [5.41, 5.74) is 3.82. The van der Waals surface area contributed by atoms with E-state index in [0.717, 1.165) is 27.2 Å². The van der Waals surface area contributed by atoms with Crippen LogP contribution in [0.4, 0.5) is 18.9 Å². The lowest BCUT2D eigenvalue weighted by atomic mass is 9.55. The van der Waals surface area contributed by atoms with Crippen LogP contribution in [0.5, 0.6) is 0 Å². The summed E-state index contributed by atoms with van der Waals surface area (Å²) in [4.78, 5) is 41.0. The van der Waals surface area contributed by atoms with E-state index >= 15 is 0 Å². The van der Waals surface area contributed by atoms with E-state index in [1.165, 1.54) is 24.3 Å². The first-order valence-electron chi connectivity index (χ1n) is 11.3. The zero-order valence-corrected chi connectivity index (χ0v) is 18.3. The van der Waals surface area contributed by atoms with Gasteiger partial charge in [-0.05, 0) is 34.4 Å². The Morgan fingerprint density at radius 2 is 1.11 bits per heavy atom. The summed E-state index contributed by atoms with van der Waals surface area (Å²) >= 11 is 0. The summed E-state index contributed by atoms with van der Waals surface area (Å²) in [6.07, 6.45) is -5.17. The van der Waals surface area contributed by atoms with Gasteiger partial charge in [0.05, 0.1) is 11.8 Å². The molecule has 5 nitrogen and oxygen atoms in total. The molecular formula is C27H19F3N2O3. The number of carbonyl (C=O) groups excluding carboxylic acids is 3. The summed E-state index contributed by atoms with van der Waals surface area (Å²) in [5, 5.41) is 0. The second kappa shape index (κ2) is 7.53. The van der Waals surface area contributed by atoms with E-state index < -0.39 is 42.4 Å². The molecule has 1 saturated heterocycles. The molecule has 2 bridgehead atoms.